The van der Waals surface area contributed by atoms with Crippen LogP contribution in [0.4, 0.5) is 0 Å². The van der Waals surface area contributed by atoms with Crippen molar-refractivity contribution >= 4 is 5.91 Å². The topological polar surface area (TPSA) is 98.6 Å². The van der Waals surface area contributed by atoms with Crippen molar-refractivity contribution in [3.05, 3.63) is 29.8 Å². The van der Waals surface area contributed by atoms with Crippen LogP contribution in [0.1, 0.15) is 25.3 Å². The molecule has 1 unspecified atom stereocenters. The van der Waals surface area contributed by atoms with Crippen LogP contribution in [0.2, 0.25) is 0 Å². The molecule has 0 radical (unpaired) electrons. The Morgan fingerprint density at radius 2 is 2.11 bits per heavy atom. The number of rotatable bonds is 8. The van der Waals surface area contributed by atoms with E-state index in [-0.39, 0.29) is 6.61 Å². The molecule has 0 heterocycles. The molecule has 1 atom stereocenters. The van der Waals surface area contributed by atoms with Gasteiger partial charge in [-0.3, -0.25) is 4.79 Å². The van der Waals surface area contributed by atoms with Crippen molar-refractivity contribution in [1.82, 2.24) is 0 Å². The molecular formula is C14H22N2O3. The van der Waals surface area contributed by atoms with Crippen LogP contribution in [-0.2, 0) is 11.2 Å². The van der Waals surface area contributed by atoms with Crippen LogP contribution in [0.25, 0.3) is 0 Å². The SMILES string of the molecule is CC(N)(CCCOc1ccccc1CCO)C(N)=O. The number of primary amides is 1. The van der Waals surface area contributed by atoms with E-state index < -0.39 is 11.4 Å². The highest BCUT2D eigenvalue weighted by Gasteiger charge is 2.24. The van der Waals surface area contributed by atoms with Crippen molar-refractivity contribution in [2.24, 2.45) is 11.5 Å². The Labute approximate surface area is 113 Å². The molecule has 106 valence electrons. The lowest BCUT2D eigenvalue weighted by molar-refractivity contribution is -0.122. The highest BCUT2D eigenvalue weighted by molar-refractivity contribution is 5.83. The molecule has 0 aliphatic rings. The monoisotopic (exact) mass is 266 g/mol. The highest BCUT2D eigenvalue weighted by atomic mass is 16.5. The third-order valence-electron chi connectivity index (χ3n) is 3.01. The maximum atomic E-state index is 11.1. The zero-order valence-electron chi connectivity index (χ0n) is 11.3. The van der Waals surface area contributed by atoms with E-state index in [4.69, 9.17) is 21.3 Å². The summed E-state index contributed by atoms with van der Waals surface area (Å²) in [4.78, 5) is 11.1. The number of hydrogen-bond acceptors (Lipinski definition) is 4. The van der Waals surface area contributed by atoms with Crippen LogP contribution in [0.3, 0.4) is 0 Å². The van der Waals surface area contributed by atoms with Gasteiger partial charge in [0.1, 0.15) is 5.75 Å². The van der Waals surface area contributed by atoms with E-state index in [1.807, 2.05) is 24.3 Å². The molecule has 0 fully saturated rings. The number of aliphatic hydroxyl groups is 1. The van der Waals surface area contributed by atoms with Gasteiger partial charge in [0.25, 0.3) is 0 Å². The molecule has 1 rings (SSSR count). The summed E-state index contributed by atoms with van der Waals surface area (Å²) in [7, 11) is 0. The lowest BCUT2D eigenvalue weighted by Gasteiger charge is -2.20. The van der Waals surface area contributed by atoms with Crippen molar-refractivity contribution in [3.8, 4) is 5.75 Å². The van der Waals surface area contributed by atoms with E-state index in [9.17, 15) is 4.79 Å². The number of hydrogen-bond donors (Lipinski definition) is 3. The van der Waals surface area contributed by atoms with E-state index >= 15 is 0 Å². The molecular weight excluding hydrogens is 244 g/mol. The molecule has 1 amide bonds. The van der Waals surface area contributed by atoms with Gasteiger partial charge in [-0.1, -0.05) is 18.2 Å². The van der Waals surface area contributed by atoms with Gasteiger partial charge < -0.3 is 21.3 Å². The lowest BCUT2D eigenvalue weighted by Crippen LogP contribution is -2.49. The first kappa shape index (κ1) is 15.5. The van der Waals surface area contributed by atoms with Crippen molar-refractivity contribution in [3.63, 3.8) is 0 Å². The summed E-state index contributed by atoms with van der Waals surface area (Å²) >= 11 is 0. The molecule has 0 aliphatic heterocycles. The van der Waals surface area contributed by atoms with Gasteiger partial charge in [-0.05, 0) is 37.8 Å². The summed E-state index contributed by atoms with van der Waals surface area (Å²) in [5.74, 6) is 0.252. The summed E-state index contributed by atoms with van der Waals surface area (Å²) in [6, 6.07) is 7.57. The molecule has 5 nitrogen and oxygen atoms in total. The number of nitrogens with two attached hydrogens (primary N) is 2. The molecule has 0 spiro atoms. The number of amides is 1. The Kier molecular flexibility index (Phi) is 5.79. The van der Waals surface area contributed by atoms with Gasteiger partial charge in [-0.25, -0.2) is 0 Å². The molecule has 0 saturated heterocycles. The second-order valence-electron chi connectivity index (χ2n) is 4.82. The fourth-order valence-corrected chi connectivity index (χ4v) is 1.72. The second-order valence-corrected chi connectivity index (χ2v) is 4.82. The first-order valence-corrected chi connectivity index (χ1v) is 6.37. The van der Waals surface area contributed by atoms with Gasteiger partial charge in [0, 0.05) is 6.61 Å². The molecule has 0 aliphatic carbocycles. The zero-order chi connectivity index (χ0) is 14.3. The standard InChI is InChI=1S/C14H22N2O3/c1-14(16,13(15)18)8-4-10-19-12-6-3-2-5-11(12)7-9-17/h2-3,5-6,17H,4,7-10,16H2,1H3,(H2,15,18). The Hall–Kier alpha value is -1.59. The van der Waals surface area contributed by atoms with Gasteiger partial charge in [0.2, 0.25) is 5.91 Å². The van der Waals surface area contributed by atoms with E-state index in [0.717, 1.165) is 11.3 Å². The number of aliphatic hydroxyl groups excluding tert-OH is 1. The number of benzene rings is 1. The van der Waals surface area contributed by atoms with Crippen LogP contribution >= 0.6 is 0 Å². The van der Waals surface area contributed by atoms with Crippen molar-refractivity contribution < 1.29 is 14.6 Å². The second kappa shape index (κ2) is 7.11. The minimum absolute atomic E-state index is 0.0862. The van der Waals surface area contributed by atoms with Crippen molar-refractivity contribution in [1.29, 1.82) is 0 Å². The molecule has 1 aromatic rings. The highest BCUT2D eigenvalue weighted by Crippen LogP contribution is 2.19. The summed E-state index contributed by atoms with van der Waals surface area (Å²) in [6.45, 7) is 2.17. The van der Waals surface area contributed by atoms with E-state index in [0.29, 0.717) is 25.9 Å². The van der Waals surface area contributed by atoms with Crippen molar-refractivity contribution in [2.75, 3.05) is 13.2 Å². The molecule has 0 bridgehead atoms. The molecule has 1 aromatic carbocycles. The quantitative estimate of drug-likeness (QED) is 0.599. The predicted octanol–water partition coefficient (Wildman–Crippen LogP) is 0.583. The average Bonchev–Trinajstić information content (AvgIpc) is 2.36. The number of carbonyl (C=O) groups is 1. The smallest absolute Gasteiger partial charge is 0.237 e. The maximum absolute atomic E-state index is 11.1. The van der Waals surface area contributed by atoms with E-state index in [2.05, 4.69) is 0 Å². The largest absolute Gasteiger partial charge is 0.493 e. The van der Waals surface area contributed by atoms with E-state index in [1.165, 1.54) is 0 Å². The van der Waals surface area contributed by atoms with Gasteiger partial charge in [-0.2, -0.15) is 0 Å². The lowest BCUT2D eigenvalue weighted by atomic mass is 9.97. The Morgan fingerprint density at radius 1 is 1.42 bits per heavy atom. The maximum Gasteiger partial charge on any atom is 0.237 e. The third-order valence-corrected chi connectivity index (χ3v) is 3.01. The first-order valence-electron chi connectivity index (χ1n) is 6.37. The van der Waals surface area contributed by atoms with Gasteiger partial charge >= 0.3 is 0 Å². The van der Waals surface area contributed by atoms with Gasteiger partial charge in [-0.15, -0.1) is 0 Å². The normalized spacial score (nSPS) is 13.8. The summed E-state index contributed by atoms with van der Waals surface area (Å²) in [6.07, 6.45) is 1.68. The Morgan fingerprint density at radius 3 is 2.74 bits per heavy atom. The Bertz CT molecular complexity index is 419. The molecule has 0 saturated carbocycles. The van der Waals surface area contributed by atoms with Crippen LogP contribution in [0, 0.1) is 0 Å². The zero-order valence-corrected chi connectivity index (χ0v) is 11.3. The van der Waals surface area contributed by atoms with Gasteiger partial charge in [0.05, 0.1) is 12.1 Å². The summed E-state index contributed by atoms with van der Waals surface area (Å²) in [5.41, 5.74) is 10.9. The van der Waals surface area contributed by atoms with E-state index in [1.54, 1.807) is 6.92 Å². The summed E-state index contributed by atoms with van der Waals surface area (Å²) in [5, 5.41) is 8.96. The first-order chi connectivity index (χ1) is 8.97. The number of ether oxygens (including phenoxy) is 1. The number of carbonyl (C=O) groups excluding carboxylic acids is 1. The molecule has 19 heavy (non-hydrogen) atoms. The average molecular weight is 266 g/mol. The van der Waals surface area contributed by atoms with Crippen LogP contribution in [-0.4, -0.2) is 29.8 Å². The fraction of sp³-hybridized carbons (Fsp3) is 0.500. The minimum Gasteiger partial charge on any atom is -0.493 e. The van der Waals surface area contributed by atoms with Crippen LogP contribution in [0.5, 0.6) is 5.75 Å². The number of para-hydroxylation sites is 1. The Balaban J connectivity index is 2.43. The molecule has 5 heteroatoms. The predicted molar refractivity (Wildman–Crippen MR) is 73.7 cm³/mol. The molecule has 0 aromatic heterocycles. The minimum atomic E-state index is -0.992. The molecule has 5 N–H and O–H groups in total. The fourth-order valence-electron chi connectivity index (χ4n) is 1.72. The third kappa shape index (κ3) is 4.89. The van der Waals surface area contributed by atoms with Crippen LogP contribution in [0.15, 0.2) is 24.3 Å². The summed E-state index contributed by atoms with van der Waals surface area (Å²) < 4.78 is 5.65. The van der Waals surface area contributed by atoms with Crippen LogP contribution < -0.4 is 16.2 Å². The van der Waals surface area contributed by atoms with Crippen molar-refractivity contribution in [2.45, 2.75) is 31.7 Å². The van der Waals surface area contributed by atoms with Gasteiger partial charge in [0.15, 0.2) is 0 Å².